The molecule has 1 atom stereocenters. The Morgan fingerprint density at radius 2 is 2.00 bits per heavy atom. The smallest absolute Gasteiger partial charge is 0.423 e. The highest BCUT2D eigenvalue weighted by Crippen LogP contribution is 2.29. The van der Waals surface area contributed by atoms with Crippen molar-refractivity contribution in [2.45, 2.75) is 44.2 Å². The van der Waals surface area contributed by atoms with E-state index < -0.39 is 19.1 Å². The van der Waals surface area contributed by atoms with Crippen LogP contribution in [-0.2, 0) is 14.2 Å². The molecule has 2 amide bonds. The molecule has 122 valence electrons. The van der Waals surface area contributed by atoms with Crippen molar-refractivity contribution >= 4 is 24.4 Å². The van der Waals surface area contributed by atoms with E-state index in [1.807, 2.05) is 18.2 Å². The first kappa shape index (κ1) is 16.0. The molecule has 1 saturated carbocycles. The fourth-order valence-corrected chi connectivity index (χ4v) is 3.57. The number of rotatable bonds is 5. The summed E-state index contributed by atoms with van der Waals surface area (Å²) in [6.07, 6.45) is 3.57. The Morgan fingerprint density at radius 1 is 1.30 bits per heavy atom. The summed E-state index contributed by atoms with van der Waals surface area (Å²) >= 11 is 0. The third kappa shape index (κ3) is 3.40. The molecule has 3 N–H and O–H groups in total. The maximum absolute atomic E-state index is 12.7. The highest BCUT2D eigenvalue weighted by Gasteiger charge is 2.37. The number of carbonyl (C=O) groups excluding carboxylic acids is 2. The van der Waals surface area contributed by atoms with Crippen molar-refractivity contribution in [2.24, 2.45) is 5.73 Å². The molecule has 0 spiro atoms. The van der Waals surface area contributed by atoms with Gasteiger partial charge in [0.1, 0.15) is 0 Å². The molecule has 0 saturated heterocycles. The van der Waals surface area contributed by atoms with Crippen LogP contribution < -0.4 is 11.2 Å². The number of hydrogen-bond acceptors (Lipinski definition) is 4. The first-order valence-corrected chi connectivity index (χ1v) is 8.06. The highest BCUT2D eigenvalue weighted by atomic mass is 16.5. The lowest BCUT2D eigenvalue weighted by molar-refractivity contribution is -0.139. The monoisotopic (exact) mass is 316 g/mol. The minimum atomic E-state index is -1.000. The van der Waals surface area contributed by atoms with Crippen molar-refractivity contribution in [3.63, 3.8) is 0 Å². The lowest BCUT2D eigenvalue weighted by Crippen LogP contribution is -2.44. The van der Waals surface area contributed by atoms with Gasteiger partial charge in [0, 0.05) is 6.04 Å². The zero-order chi connectivity index (χ0) is 16.4. The van der Waals surface area contributed by atoms with E-state index in [9.17, 15) is 14.6 Å². The van der Waals surface area contributed by atoms with Crippen molar-refractivity contribution in [3.8, 4) is 0 Å². The molecular weight excluding hydrogens is 295 g/mol. The van der Waals surface area contributed by atoms with Crippen LogP contribution in [0.1, 0.15) is 43.8 Å². The fraction of sp³-hybridized carbons (Fsp3) is 0.500. The van der Waals surface area contributed by atoms with Crippen molar-refractivity contribution in [2.75, 3.05) is 6.54 Å². The van der Waals surface area contributed by atoms with E-state index in [1.165, 1.54) is 0 Å². The Balaban J connectivity index is 1.73. The normalized spacial score (nSPS) is 20.6. The second-order valence-corrected chi connectivity index (χ2v) is 6.24. The third-order valence-corrected chi connectivity index (χ3v) is 4.67. The molecule has 1 fully saturated rings. The Morgan fingerprint density at radius 3 is 2.70 bits per heavy atom. The van der Waals surface area contributed by atoms with Crippen LogP contribution in [-0.4, -0.2) is 41.4 Å². The van der Waals surface area contributed by atoms with Gasteiger partial charge in [-0.15, -0.1) is 0 Å². The number of amides is 2. The van der Waals surface area contributed by atoms with E-state index in [0.29, 0.717) is 5.46 Å². The Hall–Kier alpha value is -1.86. The quantitative estimate of drug-likeness (QED) is 0.753. The molecule has 1 unspecified atom stereocenters. The average molecular weight is 316 g/mol. The molecule has 23 heavy (non-hydrogen) atoms. The van der Waals surface area contributed by atoms with E-state index in [0.717, 1.165) is 31.2 Å². The van der Waals surface area contributed by atoms with Gasteiger partial charge in [-0.05, 0) is 23.9 Å². The second kappa shape index (κ2) is 6.72. The van der Waals surface area contributed by atoms with E-state index in [-0.39, 0.29) is 24.9 Å². The zero-order valence-electron chi connectivity index (χ0n) is 13.0. The van der Waals surface area contributed by atoms with Crippen molar-refractivity contribution in [1.82, 2.24) is 4.90 Å². The predicted octanol–water partition coefficient (Wildman–Crippen LogP) is 0.0920. The fourth-order valence-electron chi connectivity index (χ4n) is 3.57. The molecule has 3 rings (SSSR count). The van der Waals surface area contributed by atoms with Crippen molar-refractivity contribution in [3.05, 3.63) is 29.8 Å². The first-order valence-electron chi connectivity index (χ1n) is 8.06. The Labute approximate surface area is 135 Å². The zero-order valence-corrected chi connectivity index (χ0v) is 13.0. The van der Waals surface area contributed by atoms with Crippen LogP contribution >= 0.6 is 0 Å². The number of fused-ring (bicyclic) bond motifs is 1. The minimum absolute atomic E-state index is 0.0551. The molecule has 1 aliphatic carbocycles. The molecule has 1 aliphatic heterocycles. The molecular formula is C16H21BN2O4. The van der Waals surface area contributed by atoms with Crippen LogP contribution in [0.15, 0.2) is 24.3 Å². The van der Waals surface area contributed by atoms with Crippen molar-refractivity contribution < 1.29 is 19.3 Å². The largest absolute Gasteiger partial charge is 0.491 e. The Kier molecular flexibility index (Phi) is 4.68. The SMILES string of the molecule is NC(=O)CN(C(=O)CC1OB(O)c2ccccc21)C1CCCC1. The van der Waals surface area contributed by atoms with Gasteiger partial charge in [0.2, 0.25) is 11.8 Å². The predicted molar refractivity (Wildman–Crippen MR) is 85.7 cm³/mol. The van der Waals surface area contributed by atoms with E-state index in [1.54, 1.807) is 11.0 Å². The van der Waals surface area contributed by atoms with Crippen LogP contribution in [0.25, 0.3) is 0 Å². The van der Waals surface area contributed by atoms with E-state index >= 15 is 0 Å². The van der Waals surface area contributed by atoms with Gasteiger partial charge in [-0.2, -0.15) is 0 Å². The maximum atomic E-state index is 12.7. The molecule has 0 aromatic heterocycles. The molecule has 7 heteroatoms. The summed E-state index contributed by atoms with van der Waals surface area (Å²) in [6, 6.07) is 7.42. The average Bonchev–Trinajstić information content (AvgIpc) is 3.14. The molecule has 1 aromatic rings. The highest BCUT2D eigenvalue weighted by molar-refractivity contribution is 6.61. The molecule has 1 aromatic carbocycles. The minimum Gasteiger partial charge on any atom is -0.423 e. The molecule has 0 bridgehead atoms. The van der Waals surface area contributed by atoms with Gasteiger partial charge in [0.25, 0.3) is 0 Å². The maximum Gasteiger partial charge on any atom is 0.491 e. The standard InChI is InChI=1S/C16H21BN2O4/c18-15(20)10-19(11-5-1-2-6-11)16(21)9-14-12-7-3-4-8-13(12)17(22)23-14/h3-4,7-8,11,14,22H,1-2,5-6,9-10H2,(H2,18,20). The van der Waals surface area contributed by atoms with E-state index in [2.05, 4.69) is 0 Å². The van der Waals surface area contributed by atoms with Gasteiger partial charge in [-0.25, -0.2) is 0 Å². The number of hydrogen-bond donors (Lipinski definition) is 2. The second-order valence-electron chi connectivity index (χ2n) is 6.24. The van der Waals surface area contributed by atoms with Gasteiger partial charge < -0.3 is 20.3 Å². The molecule has 2 aliphatic rings. The third-order valence-electron chi connectivity index (χ3n) is 4.67. The molecule has 1 heterocycles. The van der Waals surface area contributed by atoms with E-state index in [4.69, 9.17) is 10.4 Å². The number of nitrogens with zero attached hydrogens (tertiary/aromatic N) is 1. The number of primary amides is 1. The lowest BCUT2D eigenvalue weighted by atomic mass is 9.79. The summed E-state index contributed by atoms with van der Waals surface area (Å²) < 4.78 is 5.51. The summed E-state index contributed by atoms with van der Waals surface area (Å²) in [5.41, 5.74) is 6.84. The van der Waals surface area contributed by atoms with Gasteiger partial charge in [-0.3, -0.25) is 9.59 Å². The van der Waals surface area contributed by atoms with Crippen LogP contribution in [0.2, 0.25) is 0 Å². The number of benzene rings is 1. The van der Waals surface area contributed by atoms with Crippen LogP contribution in [0, 0.1) is 0 Å². The summed E-state index contributed by atoms with van der Waals surface area (Å²) in [6.45, 7) is -0.0551. The van der Waals surface area contributed by atoms with Crippen LogP contribution in [0.3, 0.4) is 0 Å². The summed E-state index contributed by atoms with van der Waals surface area (Å²) in [5.74, 6) is -0.650. The first-order chi connectivity index (χ1) is 11.1. The molecule has 6 nitrogen and oxygen atoms in total. The number of nitrogens with two attached hydrogens (primary N) is 1. The van der Waals surface area contributed by atoms with Gasteiger partial charge in [0.15, 0.2) is 0 Å². The van der Waals surface area contributed by atoms with Gasteiger partial charge >= 0.3 is 7.12 Å². The summed E-state index contributed by atoms with van der Waals surface area (Å²) in [4.78, 5) is 25.6. The molecule has 0 radical (unpaired) electrons. The number of carbonyl (C=O) groups is 2. The van der Waals surface area contributed by atoms with Gasteiger partial charge in [-0.1, -0.05) is 37.1 Å². The van der Waals surface area contributed by atoms with Gasteiger partial charge in [0.05, 0.1) is 19.1 Å². The van der Waals surface area contributed by atoms with Crippen molar-refractivity contribution in [1.29, 1.82) is 0 Å². The van der Waals surface area contributed by atoms with Crippen LogP contribution in [0.4, 0.5) is 0 Å². The van der Waals surface area contributed by atoms with Crippen LogP contribution in [0.5, 0.6) is 0 Å². The topological polar surface area (TPSA) is 92.9 Å². The lowest BCUT2D eigenvalue weighted by Gasteiger charge is -2.29. The summed E-state index contributed by atoms with van der Waals surface area (Å²) in [5, 5.41) is 9.94. The summed E-state index contributed by atoms with van der Waals surface area (Å²) in [7, 11) is -1.000. The Bertz CT molecular complexity index is 603.